The van der Waals surface area contributed by atoms with E-state index in [4.69, 9.17) is 4.74 Å². The molecule has 0 amide bonds. The second-order valence-electron chi connectivity index (χ2n) is 8.02. The molecule has 6 heteroatoms. The average Bonchev–Trinajstić information content (AvgIpc) is 2.63. The van der Waals surface area contributed by atoms with Crippen LogP contribution in [0.4, 0.5) is 0 Å². The number of hydrogen-bond acceptors (Lipinski definition) is 4. The van der Waals surface area contributed by atoms with E-state index in [1.807, 2.05) is 37.3 Å². The number of hydrogen-bond donors (Lipinski definition) is 1. The minimum absolute atomic E-state index is 0.172. The van der Waals surface area contributed by atoms with Crippen molar-refractivity contribution in [2.24, 2.45) is 5.41 Å². The van der Waals surface area contributed by atoms with Crippen molar-refractivity contribution in [2.45, 2.75) is 44.7 Å². The Morgan fingerprint density at radius 1 is 1.04 bits per heavy atom. The summed E-state index contributed by atoms with van der Waals surface area (Å²) in [5, 5.41) is 0. The molecule has 0 saturated heterocycles. The van der Waals surface area contributed by atoms with E-state index < -0.39 is 27.6 Å². The van der Waals surface area contributed by atoms with Crippen LogP contribution < -0.4 is 4.72 Å². The standard InChI is InChI=1S/C22H25NO4S/c1-15-9-12-17(13-10-15)28(25,26)23-20-18-8-6-5-7-16(18)11-14-19(20)27-21(24)22(2,3)4/h5-14,19-20,23H,1-4H3/t19-,20+/m0/s1. The Morgan fingerprint density at radius 3 is 2.32 bits per heavy atom. The number of benzene rings is 2. The Balaban J connectivity index is 1.96. The number of ether oxygens (including phenoxy) is 1. The molecule has 3 rings (SSSR count). The molecule has 0 fully saturated rings. The van der Waals surface area contributed by atoms with Crippen molar-refractivity contribution in [1.29, 1.82) is 0 Å². The summed E-state index contributed by atoms with van der Waals surface area (Å²) in [5.41, 5.74) is 1.95. The molecule has 148 valence electrons. The molecule has 5 nitrogen and oxygen atoms in total. The first-order valence-electron chi connectivity index (χ1n) is 9.15. The highest BCUT2D eigenvalue weighted by molar-refractivity contribution is 7.89. The highest BCUT2D eigenvalue weighted by atomic mass is 32.2. The lowest BCUT2D eigenvalue weighted by molar-refractivity contribution is -0.157. The first-order valence-corrected chi connectivity index (χ1v) is 10.6. The first kappa shape index (κ1) is 20.3. The number of esters is 1. The van der Waals surface area contributed by atoms with Crippen LogP contribution in [0.3, 0.4) is 0 Å². The van der Waals surface area contributed by atoms with Crippen molar-refractivity contribution in [3.8, 4) is 0 Å². The van der Waals surface area contributed by atoms with Crippen LogP contribution in [0, 0.1) is 12.3 Å². The third kappa shape index (κ3) is 4.34. The van der Waals surface area contributed by atoms with Crippen molar-refractivity contribution in [3.63, 3.8) is 0 Å². The fourth-order valence-electron chi connectivity index (χ4n) is 2.92. The summed E-state index contributed by atoms with van der Waals surface area (Å²) < 4.78 is 34.4. The van der Waals surface area contributed by atoms with E-state index in [-0.39, 0.29) is 10.9 Å². The molecule has 0 radical (unpaired) electrons. The summed E-state index contributed by atoms with van der Waals surface area (Å²) in [4.78, 5) is 12.6. The molecule has 28 heavy (non-hydrogen) atoms. The van der Waals surface area contributed by atoms with Gasteiger partial charge in [0.05, 0.1) is 16.4 Å². The molecule has 2 atom stereocenters. The number of aryl methyl sites for hydroxylation is 1. The number of nitrogens with one attached hydrogen (secondary N) is 1. The summed E-state index contributed by atoms with van der Waals surface area (Å²) in [6.07, 6.45) is 2.85. The Hall–Kier alpha value is -2.44. The van der Waals surface area contributed by atoms with Crippen LogP contribution in [0.5, 0.6) is 0 Å². The van der Waals surface area contributed by atoms with Gasteiger partial charge in [-0.25, -0.2) is 8.42 Å². The van der Waals surface area contributed by atoms with E-state index >= 15 is 0 Å². The number of sulfonamides is 1. The van der Waals surface area contributed by atoms with Crippen molar-refractivity contribution in [3.05, 3.63) is 71.3 Å². The van der Waals surface area contributed by atoms with E-state index in [1.54, 1.807) is 51.1 Å². The zero-order chi connectivity index (χ0) is 20.5. The molecule has 0 heterocycles. The van der Waals surface area contributed by atoms with Gasteiger partial charge in [-0.1, -0.05) is 48.0 Å². The molecule has 0 saturated carbocycles. The highest BCUT2D eigenvalue weighted by Gasteiger charge is 2.35. The smallest absolute Gasteiger partial charge is 0.311 e. The van der Waals surface area contributed by atoms with Gasteiger partial charge >= 0.3 is 5.97 Å². The van der Waals surface area contributed by atoms with Gasteiger partial charge < -0.3 is 4.74 Å². The molecule has 0 aliphatic heterocycles. The molecule has 0 unspecified atom stereocenters. The van der Waals surface area contributed by atoms with Crippen molar-refractivity contribution in [2.75, 3.05) is 0 Å². The second kappa shape index (κ2) is 7.53. The molecule has 0 aromatic heterocycles. The Kier molecular flexibility index (Phi) is 5.46. The third-order valence-corrected chi connectivity index (χ3v) is 6.05. The van der Waals surface area contributed by atoms with E-state index in [2.05, 4.69) is 4.72 Å². The lowest BCUT2D eigenvalue weighted by atomic mass is 9.91. The van der Waals surface area contributed by atoms with Crippen LogP contribution >= 0.6 is 0 Å². The predicted molar refractivity (Wildman–Crippen MR) is 109 cm³/mol. The van der Waals surface area contributed by atoms with Gasteiger partial charge in [0.1, 0.15) is 6.10 Å². The van der Waals surface area contributed by atoms with E-state index in [0.29, 0.717) is 0 Å². The minimum Gasteiger partial charge on any atom is -0.456 e. The molecule has 0 spiro atoms. The van der Waals surface area contributed by atoms with E-state index in [1.165, 1.54) is 0 Å². The lowest BCUT2D eigenvalue weighted by Crippen LogP contribution is -2.40. The number of carbonyl (C=O) groups excluding carboxylic acids is 1. The lowest BCUT2D eigenvalue weighted by Gasteiger charge is -2.32. The molecular formula is C22H25NO4S. The second-order valence-corrected chi connectivity index (χ2v) is 9.73. The highest BCUT2D eigenvalue weighted by Crippen LogP contribution is 2.32. The van der Waals surface area contributed by atoms with Gasteiger partial charge in [-0.2, -0.15) is 4.72 Å². The summed E-state index contributed by atoms with van der Waals surface area (Å²) >= 11 is 0. The minimum atomic E-state index is -3.80. The van der Waals surface area contributed by atoms with Crippen LogP contribution in [-0.2, 0) is 19.6 Å². The summed E-state index contributed by atoms with van der Waals surface area (Å²) in [7, 11) is -3.80. The first-order chi connectivity index (χ1) is 13.1. The van der Waals surface area contributed by atoms with Gasteiger partial charge in [-0.05, 0) is 57.0 Å². The normalized spacial score (nSPS) is 19.1. The third-order valence-electron chi connectivity index (χ3n) is 4.59. The fourth-order valence-corrected chi connectivity index (χ4v) is 4.15. The van der Waals surface area contributed by atoms with Gasteiger partial charge in [0.2, 0.25) is 10.0 Å². The van der Waals surface area contributed by atoms with Crippen LogP contribution in [0.25, 0.3) is 6.08 Å². The quantitative estimate of drug-likeness (QED) is 0.789. The zero-order valence-electron chi connectivity index (χ0n) is 16.5. The van der Waals surface area contributed by atoms with Crippen LogP contribution in [0.1, 0.15) is 43.5 Å². The van der Waals surface area contributed by atoms with Gasteiger partial charge in [0.25, 0.3) is 0 Å². The zero-order valence-corrected chi connectivity index (χ0v) is 17.3. The molecule has 1 aliphatic carbocycles. The maximum Gasteiger partial charge on any atom is 0.311 e. The average molecular weight is 400 g/mol. The predicted octanol–water partition coefficient (Wildman–Crippen LogP) is 4.00. The van der Waals surface area contributed by atoms with Gasteiger partial charge in [0, 0.05) is 0 Å². The van der Waals surface area contributed by atoms with Crippen LogP contribution in [0.15, 0.2) is 59.5 Å². The number of carbonyl (C=O) groups is 1. The number of rotatable bonds is 4. The van der Waals surface area contributed by atoms with Crippen molar-refractivity contribution in [1.82, 2.24) is 4.72 Å². The van der Waals surface area contributed by atoms with Gasteiger partial charge in [0.15, 0.2) is 0 Å². The Bertz CT molecular complexity index is 1000. The SMILES string of the molecule is Cc1ccc(S(=O)(=O)N[C@@H]2c3ccccc3C=C[C@@H]2OC(=O)C(C)(C)C)cc1. The van der Waals surface area contributed by atoms with E-state index in [0.717, 1.165) is 16.7 Å². The summed E-state index contributed by atoms with van der Waals surface area (Å²) in [6, 6.07) is 13.4. The molecule has 1 N–H and O–H groups in total. The molecular weight excluding hydrogens is 374 g/mol. The molecule has 2 aromatic carbocycles. The number of fused-ring (bicyclic) bond motifs is 1. The van der Waals surface area contributed by atoms with Gasteiger partial charge in [-0.15, -0.1) is 0 Å². The van der Waals surface area contributed by atoms with Crippen molar-refractivity contribution >= 4 is 22.1 Å². The maximum absolute atomic E-state index is 13.0. The molecule has 2 aromatic rings. The topological polar surface area (TPSA) is 72.5 Å². The molecule has 1 aliphatic rings. The van der Waals surface area contributed by atoms with Gasteiger partial charge in [-0.3, -0.25) is 4.79 Å². The van der Waals surface area contributed by atoms with E-state index in [9.17, 15) is 13.2 Å². The van der Waals surface area contributed by atoms with Crippen LogP contribution in [0.2, 0.25) is 0 Å². The Morgan fingerprint density at radius 2 is 1.68 bits per heavy atom. The monoisotopic (exact) mass is 399 g/mol. The maximum atomic E-state index is 13.0. The Labute approximate surface area is 166 Å². The molecule has 0 bridgehead atoms. The van der Waals surface area contributed by atoms with Crippen LogP contribution in [-0.4, -0.2) is 20.5 Å². The largest absolute Gasteiger partial charge is 0.456 e. The summed E-state index contributed by atoms with van der Waals surface area (Å²) in [5.74, 6) is -0.388. The fraction of sp³-hybridized carbons (Fsp3) is 0.318. The van der Waals surface area contributed by atoms with Crippen molar-refractivity contribution < 1.29 is 17.9 Å². The summed E-state index contributed by atoms with van der Waals surface area (Å²) in [6.45, 7) is 7.19.